The van der Waals surface area contributed by atoms with Gasteiger partial charge in [-0.15, -0.1) is 0 Å². The molecule has 1 unspecified atom stereocenters. The molecule has 8 heteroatoms. The first kappa shape index (κ1) is 17.9. The second-order valence-electron chi connectivity index (χ2n) is 5.31. The number of carbonyl (C=O) groups excluding carboxylic acids is 1. The molecular formula is C16H19F2N3O3. The standard InChI is InChI=1S/C16H19F2N3O3/c1-10(24-15-4-3-12(17)7-14(15)18)16(23)21(5-6-22)9-13-8-19-11(2)20-13/h3-4,7-8,10,22H,5-6,9H2,1-2H3,(H,19,20). The van der Waals surface area contributed by atoms with Crippen molar-refractivity contribution in [3.8, 4) is 5.75 Å². The summed E-state index contributed by atoms with van der Waals surface area (Å²) in [6, 6.07) is 2.86. The van der Waals surface area contributed by atoms with Gasteiger partial charge < -0.3 is 19.7 Å². The van der Waals surface area contributed by atoms with Gasteiger partial charge in [-0.1, -0.05) is 0 Å². The van der Waals surface area contributed by atoms with Crippen LogP contribution in [-0.4, -0.2) is 45.1 Å². The fraction of sp³-hybridized carbons (Fsp3) is 0.375. The third-order valence-corrected chi connectivity index (χ3v) is 3.34. The Labute approximate surface area is 138 Å². The Balaban J connectivity index is 2.07. The highest BCUT2D eigenvalue weighted by atomic mass is 19.1. The second-order valence-corrected chi connectivity index (χ2v) is 5.31. The third kappa shape index (κ3) is 4.51. The maximum atomic E-state index is 13.6. The third-order valence-electron chi connectivity index (χ3n) is 3.34. The van der Waals surface area contributed by atoms with Crippen molar-refractivity contribution in [2.24, 2.45) is 0 Å². The summed E-state index contributed by atoms with van der Waals surface area (Å²) in [5.74, 6) is -1.54. The molecule has 130 valence electrons. The molecule has 2 rings (SSSR count). The van der Waals surface area contributed by atoms with Gasteiger partial charge in [0.05, 0.1) is 25.0 Å². The maximum Gasteiger partial charge on any atom is 0.263 e. The topological polar surface area (TPSA) is 78.4 Å². The van der Waals surface area contributed by atoms with Gasteiger partial charge in [0, 0.05) is 12.6 Å². The van der Waals surface area contributed by atoms with Crippen molar-refractivity contribution >= 4 is 5.91 Å². The molecular weight excluding hydrogens is 320 g/mol. The minimum Gasteiger partial charge on any atom is -0.478 e. The van der Waals surface area contributed by atoms with Crippen LogP contribution in [0.5, 0.6) is 5.75 Å². The normalized spacial score (nSPS) is 12.0. The molecule has 2 aromatic rings. The van der Waals surface area contributed by atoms with Crippen molar-refractivity contribution < 1.29 is 23.4 Å². The summed E-state index contributed by atoms with van der Waals surface area (Å²) in [6.45, 7) is 3.32. The minimum atomic E-state index is -1.000. The van der Waals surface area contributed by atoms with Crippen molar-refractivity contribution in [3.05, 3.63) is 47.5 Å². The molecule has 0 saturated heterocycles. The Kier molecular flexibility index (Phi) is 5.86. The molecule has 0 saturated carbocycles. The fourth-order valence-corrected chi connectivity index (χ4v) is 2.21. The first-order chi connectivity index (χ1) is 11.4. The number of carbonyl (C=O) groups is 1. The van der Waals surface area contributed by atoms with Gasteiger partial charge in [-0.3, -0.25) is 4.79 Å². The second kappa shape index (κ2) is 7.87. The summed E-state index contributed by atoms with van der Waals surface area (Å²) < 4.78 is 31.8. The summed E-state index contributed by atoms with van der Waals surface area (Å²) in [5, 5.41) is 9.15. The summed E-state index contributed by atoms with van der Waals surface area (Å²) in [4.78, 5) is 20.9. The SMILES string of the molecule is Cc1ncc(CN(CCO)C(=O)C(C)Oc2ccc(F)cc2F)[nH]1. The largest absolute Gasteiger partial charge is 0.478 e. The van der Waals surface area contributed by atoms with Crippen LogP contribution in [0.15, 0.2) is 24.4 Å². The van der Waals surface area contributed by atoms with Crippen LogP contribution in [0.3, 0.4) is 0 Å². The lowest BCUT2D eigenvalue weighted by atomic mass is 10.3. The van der Waals surface area contributed by atoms with E-state index in [0.717, 1.165) is 12.1 Å². The number of nitrogens with one attached hydrogen (secondary N) is 1. The molecule has 0 bridgehead atoms. The number of nitrogens with zero attached hydrogens (tertiary/aromatic N) is 2. The predicted octanol–water partition coefficient (Wildman–Crippen LogP) is 1.78. The van der Waals surface area contributed by atoms with E-state index >= 15 is 0 Å². The number of aryl methyl sites for hydroxylation is 1. The molecule has 0 aliphatic heterocycles. The number of hydrogen-bond acceptors (Lipinski definition) is 4. The number of imidazole rings is 1. The fourth-order valence-electron chi connectivity index (χ4n) is 2.21. The van der Waals surface area contributed by atoms with Gasteiger partial charge in [-0.2, -0.15) is 0 Å². The van der Waals surface area contributed by atoms with E-state index in [-0.39, 0.29) is 25.4 Å². The molecule has 1 aromatic carbocycles. The van der Waals surface area contributed by atoms with E-state index < -0.39 is 23.6 Å². The number of H-pyrrole nitrogens is 1. The van der Waals surface area contributed by atoms with E-state index in [9.17, 15) is 13.6 Å². The van der Waals surface area contributed by atoms with Gasteiger partial charge in [0.15, 0.2) is 17.7 Å². The van der Waals surface area contributed by atoms with Crippen LogP contribution in [0.1, 0.15) is 18.4 Å². The Bertz CT molecular complexity index is 706. The zero-order valence-corrected chi connectivity index (χ0v) is 13.4. The predicted molar refractivity (Wildman–Crippen MR) is 82.3 cm³/mol. The molecule has 2 N–H and O–H groups in total. The van der Waals surface area contributed by atoms with E-state index in [2.05, 4.69) is 9.97 Å². The molecule has 1 atom stereocenters. The van der Waals surface area contributed by atoms with Gasteiger partial charge >= 0.3 is 0 Å². The minimum absolute atomic E-state index is 0.0938. The van der Waals surface area contributed by atoms with Crippen LogP contribution < -0.4 is 4.74 Å². The highest BCUT2D eigenvalue weighted by Gasteiger charge is 2.23. The van der Waals surface area contributed by atoms with Crippen molar-refractivity contribution in [2.75, 3.05) is 13.2 Å². The first-order valence-electron chi connectivity index (χ1n) is 7.42. The van der Waals surface area contributed by atoms with E-state index in [4.69, 9.17) is 9.84 Å². The lowest BCUT2D eigenvalue weighted by Gasteiger charge is -2.25. The van der Waals surface area contributed by atoms with Gasteiger partial charge in [0.2, 0.25) is 0 Å². The molecule has 0 spiro atoms. The number of hydrogen-bond donors (Lipinski definition) is 2. The molecule has 24 heavy (non-hydrogen) atoms. The quantitative estimate of drug-likeness (QED) is 0.806. The van der Waals surface area contributed by atoms with Crippen LogP contribution >= 0.6 is 0 Å². The Morgan fingerprint density at radius 3 is 2.79 bits per heavy atom. The summed E-state index contributed by atoms with van der Waals surface area (Å²) in [7, 11) is 0. The number of halogens is 2. The van der Waals surface area contributed by atoms with Crippen molar-refractivity contribution in [1.82, 2.24) is 14.9 Å². The molecule has 1 heterocycles. The zero-order valence-electron chi connectivity index (χ0n) is 13.4. The van der Waals surface area contributed by atoms with Crippen molar-refractivity contribution in [2.45, 2.75) is 26.5 Å². The van der Waals surface area contributed by atoms with Gasteiger partial charge in [-0.25, -0.2) is 13.8 Å². The van der Waals surface area contributed by atoms with Crippen LogP contribution in [0.4, 0.5) is 8.78 Å². The lowest BCUT2D eigenvalue weighted by Crippen LogP contribution is -2.41. The molecule has 0 fully saturated rings. The lowest BCUT2D eigenvalue weighted by molar-refractivity contribution is -0.139. The number of aliphatic hydroxyl groups excluding tert-OH is 1. The van der Waals surface area contributed by atoms with E-state index in [1.54, 1.807) is 13.1 Å². The smallest absolute Gasteiger partial charge is 0.263 e. The number of aliphatic hydroxyl groups is 1. The Morgan fingerprint density at radius 2 is 2.21 bits per heavy atom. The summed E-state index contributed by atoms with van der Waals surface area (Å²) in [6.07, 6.45) is 0.596. The van der Waals surface area contributed by atoms with E-state index in [1.807, 2.05) is 0 Å². The summed E-state index contributed by atoms with van der Waals surface area (Å²) >= 11 is 0. The molecule has 1 amide bonds. The highest BCUT2D eigenvalue weighted by Crippen LogP contribution is 2.19. The van der Waals surface area contributed by atoms with Crippen molar-refractivity contribution in [1.29, 1.82) is 0 Å². The average molecular weight is 339 g/mol. The van der Waals surface area contributed by atoms with Crippen LogP contribution in [0.2, 0.25) is 0 Å². The number of amides is 1. The van der Waals surface area contributed by atoms with Gasteiger partial charge in [-0.05, 0) is 26.0 Å². The number of benzene rings is 1. The Hall–Kier alpha value is -2.48. The van der Waals surface area contributed by atoms with E-state index in [1.165, 1.54) is 11.8 Å². The monoisotopic (exact) mass is 339 g/mol. The number of ether oxygens (including phenoxy) is 1. The van der Waals surface area contributed by atoms with Crippen LogP contribution in [-0.2, 0) is 11.3 Å². The number of rotatable bonds is 7. The van der Waals surface area contributed by atoms with Gasteiger partial charge in [0.1, 0.15) is 11.6 Å². The van der Waals surface area contributed by atoms with Crippen LogP contribution in [0, 0.1) is 18.6 Å². The maximum absolute atomic E-state index is 13.6. The molecule has 6 nitrogen and oxygen atoms in total. The summed E-state index contributed by atoms with van der Waals surface area (Å²) in [5.41, 5.74) is 0.703. The molecule has 0 aliphatic rings. The van der Waals surface area contributed by atoms with Gasteiger partial charge in [0.25, 0.3) is 5.91 Å². The van der Waals surface area contributed by atoms with Crippen molar-refractivity contribution in [3.63, 3.8) is 0 Å². The van der Waals surface area contributed by atoms with E-state index in [0.29, 0.717) is 17.6 Å². The molecule has 1 aromatic heterocycles. The average Bonchev–Trinajstić information content (AvgIpc) is 2.94. The number of aromatic amines is 1. The highest BCUT2D eigenvalue weighted by molar-refractivity contribution is 5.80. The number of aromatic nitrogens is 2. The molecule has 0 aliphatic carbocycles. The molecule has 0 radical (unpaired) electrons. The first-order valence-corrected chi connectivity index (χ1v) is 7.42. The Morgan fingerprint density at radius 1 is 1.46 bits per heavy atom. The zero-order chi connectivity index (χ0) is 17.7. The van der Waals surface area contributed by atoms with Crippen LogP contribution in [0.25, 0.3) is 0 Å².